The van der Waals surface area contributed by atoms with Crippen molar-refractivity contribution in [2.24, 2.45) is 5.92 Å². The lowest BCUT2D eigenvalue weighted by atomic mass is 9.78. The molecular weight excluding hydrogens is 343 g/mol. The van der Waals surface area contributed by atoms with Gasteiger partial charge in [-0.15, -0.1) is 0 Å². The third kappa shape index (κ3) is 4.68. The highest BCUT2D eigenvalue weighted by Gasteiger charge is 2.35. The van der Waals surface area contributed by atoms with Crippen LogP contribution in [0.1, 0.15) is 42.7 Å². The van der Waals surface area contributed by atoms with Crippen LogP contribution in [0.2, 0.25) is 0 Å². The smallest absolute Gasteiger partial charge is 0.234 e. The van der Waals surface area contributed by atoms with Gasteiger partial charge in [-0.3, -0.25) is 9.59 Å². The van der Waals surface area contributed by atoms with Crippen LogP contribution in [-0.2, 0) is 9.59 Å². The lowest BCUT2D eigenvalue weighted by Gasteiger charge is -2.27. The van der Waals surface area contributed by atoms with E-state index in [1.54, 1.807) is 0 Å². The van der Waals surface area contributed by atoms with Gasteiger partial charge in [0.05, 0.1) is 0 Å². The van der Waals surface area contributed by atoms with E-state index in [1.165, 1.54) is 5.56 Å². The van der Waals surface area contributed by atoms with Crippen LogP contribution < -0.4 is 0 Å². The van der Waals surface area contributed by atoms with Gasteiger partial charge in [0.2, 0.25) is 10.5 Å². The molecule has 0 aliphatic carbocycles. The second kappa shape index (κ2) is 9.00. The minimum atomic E-state index is -1.03. The average molecular weight is 363 g/mol. The van der Waals surface area contributed by atoms with Gasteiger partial charge < -0.3 is 0 Å². The summed E-state index contributed by atoms with van der Waals surface area (Å²) in [5.74, 6) is -1.16. The van der Waals surface area contributed by atoms with E-state index in [9.17, 15) is 9.59 Å². The van der Waals surface area contributed by atoms with Crippen molar-refractivity contribution in [3.63, 3.8) is 0 Å². The second-order valence-corrected chi connectivity index (χ2v) is 6.60. The normalized spacial score (nSPS) is 13.5. The molecule has 0 saturated heterocycles. The quantitative estimate of drug-likeness (QED) is 0.458. The van der Waals surface area contributed by atoms with Gasteiger partial charge in [-0.1, -0.05) is 67.6 Å². The molecule has 2 rings (SSSR count). The molecule has 4 heteroatoms. The molecule has 0 aliphatic heterocycles. The van der Waals surface area contributed by atoms with Crippen LogP contribution in [0.15, 0.2) is 60.7 Å². The van der Waals surface area contributed by atoms with Crippen molar-refractivity contribution in [3.8, 4) is 0 Å². The summed E-state index contributed by atoms with van der Waals surface area (Å²) in [5.41, 5.74) is 2.09. The zero-order valence-electron chi connectivity index (χ0n) is 13.5. The summed E-state index contributed by atoms with van der Waals surface area (Å²) in [6, 6.07) is 19.6. The number of carbonyl (C=O) groups excluding carboxylic acids is 2. The third-order valence-electron chi connectivity index (χ3n) is 4.42. The number of benzene rings is 2. The molecule has 0 bridgehead atoms. The van der Waals surface area contributed by atoms with E-state index in [0.717, 1.165) is 12.0 Å². The molecule has 0 amide bonds. The van der Waals surface area contributed by atoms with Crippen molar-refractivity contribution in [2.75, 3.05) is 0 Å². The zero-order chi connectivity index (χ0) is 17.5. The van der Waals surface area contributed by atoms with Crippen molar-refractivity contribution < 1.29 is 9.59 Å². The molecule has 0 aromatic heterocycles. The van der Waals surface area contributed by atoms with Crippen molar-refractivity contribution >= 4 is 33.7 Å². The van der Waals surface area contributed by atoms with Crippen LogP contribution in [0.25, 0.3) is 0 Å². The summed E-state index contributed by atoms with van der Waals surface area (Å²) >= 11 is 11.4. The predicted octanol–water partition coefficient (Wildman–Crippen LogP) is 5.50. The van der Waals surface area contributed by atoms with Crippen molar-refractivity contribution in [3.05, 3.63) is 71.8 Å². The molecule has 0 aliphatic rings. The van der Waals surface area contributed by atoms with E-state index in [2.05, 4.69) is 19.1 Å². The van der Waals surface area contributed by atoms with Gasteiger partial charge in [-0.05, 0) is 53.1 Å². The number of carbonyl (C=O) groups is 2. The number of hydrogen-bond acceptors (Lipinski definition) is 2. The minimum Gasteiger partial charge on any atom is -0.280 e. The number of hydrogen-bond donors (Lipinski definition) is 0. The van der Waals surface area contributed by atoms with Gasteiger partial charge in [-0.25, -0.2) is 0 Å². The lowest BCUT2D eigenvalue weighted by molar-refractivity contribution is -0.124. The maximum atomic E-state index is 11.9. The van der Waals surface area contributed by atoms with Crippen LogP contribution in [0.3, 0.4) is 0 Å². The van der Waals surface area contributed by atoms with Gasteiger partial charge in [0.25, 0.3) is 0 Å². The largest absolute Gasteiger partial charge is 0.280 e. The van der Waals surface area contributed by atoms with Gasteiger partial charge in [0.1, 0.15) is 5.92 Å². The maximum absolute atomic E-state index is 11.9. The molecule has 0 N–H and O–H groups in total. The van der Waals surface area contributed by atoms with E-state index in [4.69, 9.17) is 23.2 Å². The Labute approximate surface area is 152 Å². The minimum absolute atomic E-state index is 0.214. The second-order valence-electron chi connectivity index (χ2n) is 5.85. The van der Waals surface area contributed by atoms with Crippen molar-refractivity contribution in [1.29, 1.82) is 0 Å². The van der Waals surface area contributed by atoms with Crippen molar-refractivity contribution in [1.82, 2.24) is 0 Å². The summed E-state index contributed by atoms with van der Waals surface area (Å²) in [7, 11) is 0. The Balaban J connectivity index is 2.38. The molecule has 0 fully saturated rings. The first-order chi connectivity index (χ1) is 11.5. The molecule has 2 nitrogen and oxygen atoms in total. The van der Waals surface area contributed by atoms with E-state index in [-0.39, 0.29) is 11.8 Å². The zero-order valence-corrected chi connectivity index (χ0v) is 15.0. The highest BCUT2D eigenvalue weighted by Crippen LogP contribution is 2.38. The molecule has 126 valence electrons. The fourth-order valence-electron chi connectivity index (χ4n) is 3.14. The molecule has 2 aromatic rings. The first kappa shape index (κ1) is 18.7. The Morgan fingerprint density at radius 2 is 1.29 bits per heavy atom. The summed E-state index contributed by atoms with van der Waals surface area (Å²) in [4.78, 5) is 23.7. The SMILES string of the molecule is CCC(CC(c1ccccc1)C(C(=O)Cl)C(=O)Cl)c1ccccc1. The molecule has 0 radical (unpaired) electrons. The summed E-state index contributed by atoms with van der Waals surface area (Å²) < 4.78 is 0. The molecule has 24 heavy (non-hydrogen) atoms. The van der Waals surface area contributed by atoms with E-state index < -0.39 is 16.4 Å². The van der Waals surface area contributed by atoms with E-state index in [0.29, 0.717) is 6.42 Å². The molecule has 2 atom stereocenters. The molecule has 0 saturated carbocycles. The molecular formula is C20H20Cl2O2. The van der Waals surface area contributed by atoms with Gasteiger partial charge in [0.15, 0.2) is 0 Å². The molecule has 2 unspecified atom stereocenters. The molecule has 2 aromatic carbocycles. The topological polar surface area (TPSA) is 34.1 Å². The van der Waals surface area contributed by atoms with E-state index in [1.807, 2.05) is 48.5 Å². The Bertz CT molecular complexity index is 657. The number of halogens is 2. The Morgan fingerprint density at radius 3 is 1.71 bits per heavy atom. The maximum Gasteiger partial charge on any atom is 0.234 e. The Morgan fingerprint density at radius 1 is 0.833 bits per heavy atom. The van der Waals surface area contributed by atoms with Crippen LogP contribution in [-0.4, -0.2) is 10.5 Å². The van der Waals surface area contributed by atoms with Crippen molar-refractivity contribution in [2.45, 2.75) is 31.6 Å². The van der Waals surface area contributed by atoms with Crippen LogP contribution in [0.4, 0.5) is 0 Å². The summed E-state index contributed by atoms with van der Waals surface area (Å²) in [5, 5.41) is -1.40. The predicted molar refractivity (Wildman–Crippen MR) is 98.5 cm³/mol. The Kier molecular flexibility index (Phi) is 7.01. The van der Waals surface area contributed by atoms with Gasteiger partial charge >= 0.3 is 0 Å². The third-order valence-corrected chi connectivity index (χ3v) is 4.89. The number of rotatable bonds is 8. The molecule has 0 spiro atoms. The fraction of sp³-hybridized carbons (Fsp3) is 0.300. The van der Waals surface area contributed by atoms with Crippen LogP contribution in [0.5, 0.6) is 0 Å². The first-order valence-electron chi connectivity index (χ1n) is 8.03. The van der Waals surface area contributed by atoms with Crippen LogP contribution in [0, 0.1) is 5.92 Å². The van der Waals surface area contributed by atoms with E-state index >= 15 is 0 Å². The highest BCUT2D eigenvalue weighted by molar-refractivity contribution is 6.73. The lowest BCUT2D eigenvalue weighted by Crippen LogP contribution is -2.26. The summed E-state index contributed by atoms with van der Waals surface area (Å²) in [6.07, 6.45) is 1.53. The standard InChI is InChI=1S/C20H20Cl2O2/c1-2-14(15-9-5-3-6-10-15)13-17(16-11-7-4-8-12-16)18(19(21)23)20(22)24/h3-12,14,17-18H,2,13H2,1H3. The monoisotopic (exact) mass is 362 g/mol. The van der Waals surface area contributed by atoms with Gasteiger partial charge in [-0.2, -0.15) is 0 Å². The molecule has 0 heterocycles. The van der Waals surface area contributed by atoms with Crippen LogP contribution >= 0.6 is 23.2 Å². The highest BCUT2D eigenvalue weighted by atomic mass is 35.5. The Hall–Kier alpha value is -1.64. The fourth-order valence-corrected chi connectivity index (χ4v) is 3.70. The van der Waals surface area contributed by atoms with Gasteiger partial charge in [0, 0.05) is 5.92 Å². The first-order valence-corrected chi connectivity index (χ1v) is 8.78. The summed E-state index contributed by atoms with van der Waals surface area (Å²) in [6.45, 7) is 2.10. The average Bonchev–Trinajstić information content (AvgIpc) is 2.59.